The molecule has 0 saturated heterocycles. The molecule has 0 spiro atoms. The van der Waals surface area contributed by atoms with Gasteiger partial charge in [-0.25, -0.2) is 4.99 Å². The van der Waals surface area contributed by atoms with Crippen LogP contribution in [0.15, 0.2) is 59.0 Å². The van der Waals surface area contributed by atoms with E-state index in [2.05, 4.69) is 95.1 Å². The zero-order valence-corrected chi connectivity index (χ0v) is 20.2. The summed E-state index contributed by atoms with van der Waals surface area (Å²) in [6, 6.07) is 18.5. The Balaban J connectivity index is 0.000000545. The molecule has 3 aromatic rings. The maximum atomic E-state index is 6.04. The summed E-state index contributed by atoms with van der Waals surface area (Å²) in [5, 5.41) is 2.31. The van der Waals surface area contributed by atoms with E-state index in [1.165, 1.54) is 5.39 Å². The first kappa shape index (κ1) is 18.9. The van der Waals surface area contributed by atoms with Crippen molar-refractivity contribution in [3.05, 3.63) is 63.7 Å². The fourth-order valence-electron chi connectivity index (χ4n) is 2.16. The number of fused-ring (bicyclic) bond motifs is 1. The van der Waals surface area contributed by atoms with E-state index in [1.54, 1.807) is 0 Å². The van der Waals surface area contributed by atoms with E-state index in [0.717, 1.165) is 25.8 Å². The summed E-state index contributed by atoms with van der Waals surface area (Å²) in [4.78, 5) is 3.14. The predicted octanol–water partition coefficient (Wildman–Crippen LogP) is 1.09. The molecule has 0 aliphatic rings. The summed E-state index contributed by atoms with van der Waals surface area (Å²) in [6.45, 7) is 0. The van der Waals surface area contributed by atoms with Gasteiger partial charge in [0.25, 0.3) is 0 Å². The predicted molar refractivity (Wildman–Crippen MR) is 112 cm³/mol. The molecular weight excluding hydrogens is 730 g/mol. The van der Waals surface area contributed by atoms with E-state index in [0.29, 0.717) is 13.3 Å². The van der Waals surface area contributed by atoms with E-state index in [1.807, 2.05) is 31.3 Å². The molecule has 0 saturated carbocycles. The summed E-state index contributed by atoms with van der Waals surface area (Å²) < 4.78 is 7.18. The Morgan fingerprint density at radius 2 is 1.45 bits per heavy atom. The van der Waals surface area contributed by atoms with Crippen molar-refractivity contribution in [2.75, 3.05) is 7.05 Å². The average Bonchev–Trinajstić information content (AvgIpc) is 2.57. The summed E-state index contributed by atoms with van der Waals surface area (Å²) >= 11 is 7.65. The van der Waals surface area contributed by atoms with Crippen LogP contribution in [0.4, 0.5) is 0 Å². The average molecular weight is 743 g/mol. The molecule has 0 aliphatic carbocycles. The van der Waals surface area contributed by atoms with Crippen LogP contribution in [-0.4, -0.2) is 7.05 Å². The van der Waals surface area contributed by atoms with Gasteiger partial charge in [0.15, 0.2) is 5.76 Å². The molecular formula is C16H13I4NO. The molecule has 3 rings (SSSR count). The Hall–Kier alpha value is 0.570. The molecule has 0 fully saturated rings. The molecule has 0 bridgehead atoms. The second-order valence-electron chi connectivity index (χ2n) is 4.29. The van der Waals surface area contributed by atoms with Crippen LogP contribution < -0.4 is 23.8 Å². The van der Waals surface area contributed by atoms with Crippen molar-refractivity contribution in [2.24, 2.45) is 0 Å². The van der Waals surface area contributed by atoms with Gasteiger partial charge in [-0.05, 0) is 28.7 Å². The minimum atomic E-state index is 0.530. The summed E-state index contributed by atoms with van der Waals surface area (Å²) in [6.07, 6.45) is 0. The number of hydrogen-bond donors (Lipinski definition) is 1. The fraction of sp³-hybridized carbons (Fsp3) is 0.0625. The molecule has 0 unspecified atom stereocenters. The van der Waals surface area contributed by atoms with Crippen LogP contribution in [0.25, 0.3) is 22.1 Å². The molecule has 1 aromatic heterocycles. The number of nitrogens with one attached hydrogen (secondary N) is 1. The zero-order chi connectivity index (χ0) is 15.9. The van der Waals surface area contributed by atoms with Crippen LogP contribution in [-0.2, 0) is 0 Å². The zero-order valence-electron chi connectivity index (χ0n) is 11.6. The summed E-state index contributed by atoms with van der Waals surface area (Å²) in [5.41, 5.74) is 1.89. The van der Waals surface area contributed by atoms with Gasteiger partial charge in [-0.15, -0.1) is 0 Å². The third-order valence-corrected chi connectivity index (χ3v) is 4.15. The van der Waals surface area contributed by atoms with Gasteiger partial charge in [-0.2, -0.15) is 0 Å². The van der Waals surface area contributed by atoms with E-state index >= 15 is 0 Å². The van der Waals surface area contributed by atoms with Gasteiger partial charge in [-0.3, -0.25) is 0 Å². The molecule has 0 amide bonds. The van der Waals surface area contributed by atoms with Gasteiger partial charge in [0, 0.05) is 10.9 Å². The number of benzene rings is 2. The topological polar surface area (TPSA) is 27.1 Å². The summed E-state index contributed by atoms with van der Waals surface area (Å²) in [5.74, 6) is 0.907. The minimum absolute atomic E-state index is 0.530. The monoisotopic (exact) mass is 743 g/mol. The Kier molecular flexibility index (Phi) is 8.39. The second kappa shape index (κ2) is 9.77. The molecule has 0 aliphatic heterocycles. The van der Waals surface area contributed by atoms with Gasteiger partial charge in [-0.1, -0.05) is 48.5 Å². The van der Waals surface area contributed by atoms with Crippen LogP contribution in [0.2, 0.25) is 0 Å². The van der Waals surface area contributed by atoms with Gasteiger partial charge in [0.1, 0.15) is 7.05 Å². The number of halogens is 4. The van der Waals surface area contributed by atoms with Crippen LogP contribution in [0.3, 0.4) is 0 Å². The van der Waals surface area contributed by atoms with Crippen LogP contribution >= 0.6 is 59.8 Å². The van der Waals surface area contributed by atoms with E-state index in [4.69, 9.17) is 4.42 Å². The Morgan fingerprint density at radius 3 is 2.05 bits per heavy atom. The SMILES string of the molecule is C[NH+]=c1oc(-c2ccccc2)c(I)c2ccccc12.I[I-]I. The third-order valence-electron chi connectivity index (χ3n) is 3.07. The van der Waals surface area contributed by atoms with E-state index in [-0.39, 0.29) is 0 Å². The first-order valence-electron chi connectivity index (χ1n) is 6.37. The third kappa shape index (κ3) is 4.56. The molecule has 0 atom stereocenters. The Morgan fingerprint density at radius 1 is 0.909 bits per heavy atom. The Bertz CT molecular complexity index is 815. The number of hydrogen-bond acceptors (Lipinski definition) is 1. The van der Waals surface area contributed by atoms with Crippen LogP contribution in [0, 0.1) is 3.57 Å². The standard InChI is InChI=1S/C16H12INO.I3/c1-18-16-13-10-6-5-9-12(13)14(17)15(19-16)11-7-3-2-4-8-11;1-3-2/h2-10H,1H3;/q;-1/p+1. The van der Waals surface area contributed by atoms with Crippen LogP contribution in [0.5, 0.6) is 0 Å². The van der Waals surface area contributed by atoms with Gasteiger partial charge in [0.05, 0.1) is 8.96 Å². The molecule has 1 N–H and O–H groups in total. The quantitative estimate of drug-likeness (QED) is 0.372. The normalized spacial score (nSPS) is 11.4. The second-order valence-corrected chi connectivity index (χ2v) is 21.6. The van der Waals surface area contributed by atoms with Crippen LogP contribution in [0.1, 0.15) is 0 Å². The van der Waals surface area contributed by atoms with Crippen molar-refractivity contribution < 1.29 is 22.7 Å². The van der Waals surface area contributed by atoms with Crippen molar-refractivity contribution >= 4 is 70.6 Å². The van der Waals surface area contributed by atoms with E-state index < -0.39 is 0 Å². The molecule has 22 heavy (non-hydrogen) atoms. The molecule has 6 heteroatoms. The molecule has 2 nitrogen and oxygen atoms in total. The molecule has 116 valence electrons. The van der Waals surface area contributed by atoms with Crippen molar-refractivity contribution in [3.8, 4) is 11.3 Å². The first-order valence-corrected chi connectivity index (χ1v) is 20.0. The maximum absolute atomic E-state index is 6.04. The number of rotatable bonds is 1. The summed E-state index contributed by atoms with van der Waals surface area (Å²) in [7, 11) is 1.88. The van der Waals surface area contributed by atoms with Crippen molar-refractivity contribution in [1.82, 2.24) is 0 Å². The van der Waals surface area contributed by atoms with Crippen molar-refractivity contribution in [3.63, 3.8) is 0 Å². The molecule has 1 heterocycles. The molecule has 2 aromatic carbocycles. The first-order chi connectivity index (χ1) is 10.7. The van der Waals surface area contributed by atoms with E-state index in [9.17, 15) is 0 Å². The van der Waals surface area contributed by atoms with Gasteiger partial charge < -0.3 is 4.42 Å². The Labute approximate surface area is 172 Å². The molecule has 0 radical (unpaired) electrons. The van der Waals surface area contributed by atoms with Gasteiger partial charge >= 0.3 is 56.0 Å². The van der Waals surface area contributed by atoms with Crippen molar-refractivity contribution in [1.29, 1.82) is 0 Å². The fourth-order valence-corrected chi connectivity index (χ4v) is 3.05. The van der Waals surface area contributed by atoms with Crippen molar-refractivity contribution in [2.45, 2.75) is 0 Å². The van der Waals surface area contributed by atoms with Gasteiger partial charge in [0.2, 0.25) is 0 Å².